The monoisotopic (exact) mass is 442 g/mol. The topological polar surface area (TPSA) is 101 Å². The number of pyridine rings is 1. The lowest BCUT2D eigenvalue weighted by Gasteiger charge is -2.07. The third-order valence-electron chi connectivity index (χ3n) is 4.16. The Labute approximate surface area is 175 Å². The quantitative estimate of drug-likeness (QED) is 0.473. The van der Waals surface area contributed by atoms with Crippen molar-refractivity contribution in [1.82, 2.24) is 9.97 Å². The second-order valence-corrected chi connectivity index (χ2v) is 8.84. The number of nitrogens with one attached hydrogen (secondary N) is 2. The standard InChI is InChI=1S/C20H15FN4O3S2/c21-13-6-8-15(9-7-13)30(27,28)25-20-23-14(12-29-20)11-19(26)24-18-5-1-4-17-16(18)3-2-10-22-17/h1-10,12H,11H2,(H,23,25)(H,24,26). The van der Waals surface area contributed by atoms with Gasteiger partial charge in [-0.15, -0.1) is 11.3 Å². The van der Waals surface area contributed by atoms with E-state index in [4.69, 9.17) is 0 Å². The summed E-state index contributed by atoms with van der Waals surface area (Å²) in [5.74, 6) is -0.817. The van der Waals surface area contributed by atoms with Crippen LogP contribution in [-0.4, -0.2) is 24.3 Å². The van der Waals surface area contributed by atoms with Crippen LogP contribution in [0.1, 0.15) is 5.69 Å². The van der Waals surface area contributed by atoms with Crippen LogP contribution in [0.4, 0.5) is 15.2 Å². The summed E-state index contributed by atoms with van der Waals surface area (Å²) in [6, 6.07) is 13.6. The molecular weight excluding hydrogens is 427 g/mol. The van der Waals surface area contributed by atoms with Gasteiger partial charge in [-0.2, -0.15) is 0 Å². The first kappa shape index (κ1) is 19.9. The Hall–Kier alpha value is -3.37. The van der Waals surface area contributed by atoms with E-state index in [-0.39, 0.29) is 22.4 Å². The Morgan fingerprint density at radius 2 is 1.87 bits per heavy atom. The largest absolute Gasteiger partial charge is 0.325 e. The van der Waals surface area contributed by atoms with Crippen molar-refractivity contribution in [3.8, 4) is 0 Å². The van der Waals surface area contributed by atoms with E-state index in [9.17, 15) is 17.6 Å². The maximum absolute atomic E-state index is 13.0. The highest BCUT2D eigenvalue weighted by Gasteiger charge is 2.17. The molecule has 152 valence electrons. The summed E-state index contributed by atoms with van der Waals surface area (Å²) in [6.45, 7) is 0. The highest BCUT2D eigenvalue weighted by Crippen LogP contribution is 2.23. The Balaban J connectivity index is 1.44. The zero-order chi connectivity index (χ0) is 21.1. The van der Waals surface area contributed by atoms with Gasteiger partial charge in [-0.25, -0.2) is 17.8 Å². The maximum Gasteiger partial charge on any atom is 0.263 e. The number of sulfonamides is 1. The first-order chi connectivity index (χ1) is 14.4. The molecule has 0 bridgehead atoms. The highest BCUT2D eigenvalue weighted by molar-refractivity contribution is 7.93. The summed E-state index contributed by atoms with van der Waals surface area (Å²) < 4.78 is 40.1. The van der Waals surface area contributed by atoms with Crippen LogP contribution in [0.2, 0.25) is 0 Å². The van der Waals surface area contributed by atoms with Gasteiger partial charge in [-0.3, -0.25) is 14.5 Å². The second-order valence-electron chi connectivity index (χ2n) is 6.30. The van der Waals surface area contributed by atoms with Crippen LogP contribution in [0.25, 0.3) is 10.9 Å². The zero-order valence-corrected chi connectivity index (χ0v) is 17.0. The molecule has 0 aliphatic heterocycles. The fourth-order valence-electron chi connectivity index (χ4n) is 2.79. The molecule has 2 aromatic carbocycles. The number of thiazole rings is 1. The van der Waals surface area contributed by atoms with Gasteiger partial charge in [0.2, 0.25) is 5.91 Å². The van der Waals surface area contributed by atoms with Crippen LogP contribution >= 0.6 is 11.3 Å². The Kier molecular flexibility index (Phi) is 5.42. The van der Waals surface area contributed by atoms with E-state index in [2.05, 4.69) is 20.0 Å². The number of carbonyl (C=O) groups excluding carboxylic acids is 1. The maximum atomic E-state index is 13.0. The lowest BCUT2D eigenvalue weighted by atomic mass is 10.2. The molecule has 0 radical (unpaired) electrons. The fourth-order valence-corrected chi connectivity index (χ4v) is 4.76. The molecule has 0 atom stereocenters. The van der Waals surface area contributed by atoms with E-state index in [1.54, 1.807) is 29.8 Å². The van der Waals surface area contributed by atoms with Gasteiger partial charge in [0.25, 0.3) is 10.0 Å². The molecule has 2 N–H and O–H groups in total. The SMILES string of the molecule is O=C(Cc1csc(NS(=O)(=O)c2ccc(F)cc2)n1)Nc1cccc2ncccc12. The normalized spacial score (nSPS) is 11.4. The third kappa shape index (κ3) is 4.44. The highest BCUT2D eigenvalue weighted by atomic mass is 32.2. The van der Waals surface area contributed by atoms with Gasteiger partial charge < -0.3 is 5.32 Å². The molecule has 0 saturated carbocycles. The van der Waals surface area contributed by atoms with E-state index in [1.165, 1.54) is 12.1 Å². The predicted octanol–water partition coefficient (Wildman–Crippen LogP) is 3.81. The summed E-state index contributed by atoms with van der Waals surface area (Å²) in [5.41, 5.74) is 1.83. The van der Waals surface area contributed by atoms with Crippen molar-refractivity contribution >= 4 is 49.0 Å². The Bertz CT molecular complexity index is 1320. The van der Waals surface area contributed by atoms with Crippen LogP contribution in [0.3, 0.4) is 0 Å². The number of halogens is 1. The smallest absolute Gasteiger partial charge is 0.263 e. The molecule has 7 nitrogen and oxygen atoms in total. The van der Waals surface area contributed by atoms with Crippen molar-refractivity contribution in [1.29, 1.82) is 0 Å². The lowest BCUT2D eigenvalue weighted by Crippen LogP contribution is -2.15. The van der Waals surface area contributed by atoms with Gasteiger partial charge in [-0.05, 0) is 48.5 Å². The van der Waals surface area contributed by atoms with E-state index >= 15 is 0 Å². The van der Waals surface area contributed by atoms with Crippen molar-refractivity contribution in [2.24, 2.45) is 0 Å². The van der Waals surface area contributed by atoms with Crippen LogP contribution in [0.15, 0.2) is 71.1 Å². The average Bonchev–Trinajstić information content (AvgIpc) is 3.14. The third-order valence-corrected chi connectivity index (χ3v) is 6.45. The van der Waals surface area contributed by atoms with E-state index < -0.39 is 15.8 Å². The Morgan fingerprint density at radius 3 is 2.67 bits per heavy atom. The minimum absolute atomic E-state index is 0.0224. The molecule has 0 unspecified atom stereocenters. The first-order valence-electron chi connectivity index (χ1n) is 8.77. The minimum atomic E-state index is -3.89. The minimum Gasteiger partial charge on any atom is -0.325 e. The average molecular weight is 442 g/mol. The molecule has 4 aromatic rings. The molecule has 30 heavy (non-hydrogen) atoms. The van der Waals surface area contributed by atoms with Gasteiger partial charge >= 0.3 is 0 Å². The second kappa shape index (κ2) is 8.17. The van der Waals surface area contributed by atoms with Crippen molar-refractivity contribution < 1.29 is 17.6 Å². The molecule has 0 aliphatic rings. The summed E-state index contributed by atoms with van der Waals surface area (Å²) in [5, 5.41) is 5.38. The predicted molar refractivity (Wildman–Crippen MR) is 113 cm³/mol. The number of aromatic nitrogens is 2. The fraction of sp³-hybridized carbons (Fsp3) is 0.0500. The number of hydrogen-bond donors (Lipinski definition) is 2. The number of nitrogens with zero attached hydrogens (tertiary/aromatic N) is 2. The number of rotatable bonds is 6. The van der Waals surface area contributed by atoms with Crippen LogP contribution in [-0.2, 0) is 21.2 Å². The lowest BCUT2D eigenvalue weighted by molar-refractivity contribution is -0.115. The summed E-state index contributed by atoms with van der Waals surface area (Å²) in [4.78, 5) is 20.8. The van der Waals surface area contributed by atoms with Crippen molar-refractivity contribution in [3.05, 3.63) is 77.7 Å². The Morgan fingerprint density at radius 1 is 1.07 bits per heavy atom. The van der Waals surface area contributed by atoms with Crippen LogP contribution in [0, 0.1) is 5.82 Å². The molecule has 10 heteroatoms. The van der Waals surface area contributed by atoms with Crippen molar-refractivity contribution in [2.75, 3.05) is 10.0 Å². The molecular formula is C20H15FN4O3S2. The van der Waals surface area contributed by atoms with Gasteiger partial charge in [0.15, 0.2) is 5.13 Å². The summed E-state index contributed by atoms with van der Waals surface area (Å²) >= 11 is 1.06. The first-order valence-corrected chi connectivity index (χ1v) is 11.1. The molecule has 1 amide bonds. The van der Waals surface area contributed by atoms with Gasteiger partial charge in [0.05, 0.1) is 28.2 Å². The molecule has 0 aliphatic carbocycles. The molecule has 2 aromatic heterocycles. The summed E-state index contributed by atoms with van der Waals surface area (Å²) in [6.07, 6.45) is 1.66. The van der Waals surface area contributed by atoms with Crippen LogP contribution < -0.4 is 10.0 Å². The zero-order valence-electron chi connectivity index (χ0n) is 15.4. The molecule has 2 heterocycles. The van der Waals surface area contributed by atoms with E-state index in [1.807, 2.05) is 12.1 Å². The van der Waals surface area contributed by atoms with E-state index in [0.717, 1.165) is 34.4 Å². The molecule has 0 fully saturated rings. The number of fused-ring (bicyclic) bond motifs is 1. The molecule has 4 rings (SSSR count). The van der Waals surface area contributed by atoms with E-state index in [0.29, 0.717) is 11.4 Å². The number of carbonyl (C=O) groups is 1. The molecule has 0 saturated heterocycles. The number of amides is 1. The summed E-state index contributed by atoms with van der Waals surface area (Å²) in [7, 11) is -3.89. The number of benzene rings is 2. The van der Waals surface area contributed by atoms with Gasteiger partial charge in [-0.1, -0.05) is 6.07 Å². The number of hydrogen-bond acceptors (Lipinski definition) is 6. The number of anilines is 2. The molecule has 0 spiro atoms. The van der Waals surface area contributed by atoms with Crippen molar-refractivity contribution in [2.45, 2.75) is 11.3 Å². The van der Waals surface area contributed by atoms with Gasteiger partial charge in [0, 0.05) is 17.0 Å². The van der Waals surface area contributed by atoms with Crippen molar-refractivity contribution in [3.63, 3.8) is 0 Å². The van der Waals surface area contributed by atoms with Gasteiger partial charge in [0.1, 0.15) is 5.82 Å². The van der Waals surface area contributed by atoms with Crippen LogP contribution in [0.5, 0.6) is 0 Å².